The SMILES string of the molecule is O=C(O)C(=O)O.O=C(O)C(=O)O.[Co].[Ni]. The van der Waals surface area contributed by atoms with Crippen molar-refractivity contribution in [3.05, 3.63) is 0 Å². The summed E-state index contributed by atoms with van der Waals surface area (Å²) in [4.78, 5) is 36.4. The summed E-state index contributed by atoms with van der Waals surface area (Å²) in [6, 6.07) is 0. The molecule has 0 saturated carbocycles. The zero-order valence-corrected chi connectivity index (χ0v) is 8.10. The number of hydrogen-bond acceptors (Lipinski definition) is 4. The van der Waals surface area contributed by atoms with Crippen molar-refractivity contribution < 1.29 is 72.9 Å². The van der Waals surface area contributed by atoms with Crippen LogP contribution in [0.1, 0.15) is 0 Å². The molecule has 0 spiro atoms. The molecule has 0 saturated heterocycles. The first kappa shape index (κ1) is 23.1. The van der Waals surface area contributed by atoms with Gasteiger partial charge in [-0.1, -0.05) is 0 Å². The average Bonchev–Trinajstić information content (AvgIpc) is 1.88. The van der Waals surface area contributed by atoms with Crippen LogP contribution in [0.25, 0.3) is 0 Å². The molecule has 0 atom stereocenters. The summed E-state index contributed by atoms with van der Waals surface area (Å²) >= 11 is 0. The molecule has 0 unspecified atom stereocenters. The van der Waals surface area contributed by atoms with Gasteiger partial charge >= 0.3 is 23.9 Å². The van der Waals surface area contributed by atoms with Gasteiger partial charge in [0.1, 0.15) is 0 Å². The largest absolute Gasteiger partial charge is 0.473 e. The van der Waals surface area contributed by atoms with Gasteiger partial charge < -0.3 is 20.4 Å². The molecule has 0 amide bonds. The van der Waals surface area contributed by atoms with E-state index >= 15 is 0 Å². The van der Waals surface area contributed by atoms with E-state index in [4.69, 9.17) is 39.6 Å². The van der Waals surface area contributed by atoms with Gasteiger partial charge in [0.25, 0.3) is 0 Å². The Hall–Kier alpha value is -1.12. The molecule has 4 N–H and O–H groups in total. The van der Waals surface area contributed by atoms with Gasteiger partial charge in [-0.2, -0.15) is 0 Å². The first-order valence-corrected chi connectivity index (χ1v) is 2.21. The minimum atomic E-state index is -1.82. The van der Waals surface area contributed by atoms with Gasteiger partial charge in [0.05, 0.1) is 0 Å². The molecule has 0 bridgehead atoms. The normalized spacial score (nSPS) is 6.29. The van der Waals surface area contributed by atoms with Gasteiger partial charge in [-0.25, -0.2) is 19.2 Å². The second-order valence-corrected chi connectivity index (χ2v) is 1.22. The summed E-state index contributed by atoms with van der Waals surface area (Å²) in [6.45, 7) is 0. The van der Waals surface area contributed by atoms with Crippen LogP contribution in [0.4, 0.5) is 0 Å². The minimum Gasteiger partial charge on any atom is -0.473 e. The van der Waals surface area contributed by atoms with Gasteiger partial charge in [-0.05, 0) is 0 Å². The quantitative estimate of drug-likeness (QED) is 0.305. The summed E-state index contributed by atoms with van der Waals surface area (Å²) in [5.74, 6) is -7.30. The first-order valence-electron chi connectivity index (χ1n) is 2.21. The molecule has 10 heteroatoms. The Bertz CT molecular complexity index is 177. The standard InChI is InChI=1S/2C2H2O4.Co.Ni/c2*3-1(4)2(5)6;;/h2*(H,3,4)(H,5,6);;. The molecule has 0 aliphatic heterocycles. The van der Waals surface area contributed by atoms with Crippen molar-refractivity contribution >= 4 is 23.9 Å². The van der Waals surface area contributed by atoms with E-state index in [0.717, 1.165) is 0 Å². The Kier molecular flexibility index (Phi) is 19.6. The second kappa shape index (κ2) is 11.9. The fraction of sp³-hybridized carbons (Fsp3) is 0. The topological polar surface area (TPSA) is 149 Å². The van der Waals surface area contributed by atoms with Crippen molar-refractivity contribution in [1.82, 2.24) is 0 Å². The number of carboxylic acid groups (broad SMARTS) is 4. The van der Waals surface area contributed by atoms with Crippen LogP contribution < -0.4 is 0 Å². The molecular formula is C4H4CoNiO8. The Morgan fingerprint density at radius 2 is 0.643 bits per heavy atom. The third-order valence-corrected chi connectivity index (χ3v) is 0.366. The number of carbonyl (C=O) groups is 4. The molecule has 0 rings (SSSR count). The number of carboxylic acids is 4. The zero-order valence-electron chi connectivity index (χ0n) is 6.07. The molecule has 0 aromatic heterocycles. The molecule has 0 aliphatic rings. The van der Waals surface area contributed by atoms with Crippen molar-refractivity contribution in [3.8, 4) is 0 Å². The van der Waals surface area contributed by atoms with E-state index in [1.165, 1.54) is 0 Å². The van der Waals surface area contributed by atoms with Crippen LogP contribution in [0.15, 0.2) is 0 Å². The van der Waals surface area contributed by atoms with Gasteiger partial charge in [0.15, 0.2) is 0 Å². The molecule has 0 fully saturated rings. The van der Waals surface area contributed by atoms with Crippen LogP contribution >= 0.6 is 0 Å². The van der Waals surface area contributed by atoms with Crippen molar-refractivity contribution in [3.63, 3.8) is 0 Å². The van der Waals surface area contributed by atoms with Crippen molar-refractivity contribution in [1.29, 1.82) is 0 Å². The maximum absolute atomic E-state index is 9.10. The third kappa shape index (κ3) is 22.4. The van der Waals surface area contributed by atoms with E-state index in [0.29, 0.717) is 0 Å². The predicted octanol–water partition coefficient (Wildman–Crippen LogP) is -1.69. The second-order valence-electron chi connectivity index (χ2n) is 1.22. The predicted molar refractivity (Wildman–Crippen MR) is 30.5 cm³/mol. The molecule has 0 aromatic carbocycles. The van der Waals surface area contributed by atoms with E-state index in [-0.39, 0.29) is 33.3 Å². The summed E-state index contributed by atoms with van der Waals surface area (Å²) in [5.41, 5.74) is 0. The van der Waals surface area contributed by atoms with Gasteiger partial charge in [-0.3, -0.25) is 0 Å². The molecular weight excluding hydrogens is 294 g/mol. The van der Waals surface area contributed by atoms with Crippen molar-refractivity contribution in [2.45, 2.75) is 0 Å². The van der Waals surface area contributed by atoms with Crippen LogP contribution in [0.5, 0.6) is 0 Å². The maximum atomic E-state index is 9.10. The van der Waals surface area contributed by atoms with Crippen LogP contribution in [0.3, 0.4) is 0 Å². The van der Waals surface area contributed by atoms with E-state index in [1.807, 2.05) is 0 Å². The molecule has 0 aliphatic carbocycles. The summed E-state index contributed by atoms with van der Waals surface area (Å²) in [7, 11) is 0. The molecule has 87 valence electrons. The van der Waals surface area contributed by atoms with Crippen LogP contribution in [-0.2, 0) is 52.4 Å². The Morgan fingerprint density at radius 1 is 0.571 bits per heavy atom. The smallest absolute Gasteiger partial charge is 0.414 e. The average molecular weight is 298 g/mol. The number of aliphatic carboxylic acids is 4. The van der Waals surface area contributed by atoms with E-state index in [1.54, 1.807) is 0 Å². The van der Waals surface area contributed by atoms with Crippen LogP contribution in [-0.4, -0.2) is 44.3 Å². The first-order chi connectivity index (χ1) is 5.29. The Labute approximate surface area is 97.0 Å². The summed E-state index contributed by atoms with van der Waals surface area (Å²) < 4.78 is 0. The number of rotatable bonds is 0. The van der Waals surface area contributed by atoms with Crippen LogP contribution in [0.2, 0.25) is 0 Å². The Morgan fingerprint density at radius 3 is 0.643 bits per heavy atom. The molecule has 1 radical (unpaired) electrons. The number of hydrogen-bond donors (Lipinski definition) is 4. The van der Waals surface area contributed by atoms with Gasteiger partial charge in [0.2, 0.25) is 0 Å². The monoisotopic (exact) mass is 297 g/mol. The summed E-state index contributed by atoms with van der Waals surface area (Å²) in [5, 5.41) is 29.6. The van der Waals surface area contributed by atoms with Crippen LogP contribution in [0, 0.1) is 0 Å². The third-order valence-electron chi connectivity index (χ3n) is 0.366. The zero-order chi connectivity index (χ0) is 10.3. The fourth-order valence-corrected chi connectivity index (χ4v) is 0. The molecule has 0 aromatic rings. The van der Waals surface area contributed by atoms with E-state index < -0.39 is 23.9 Å². The summed E-state index contributed by atoms with van der Waals surface area (Å²) in [6.07, 6.45) is 0. The van der Waals surface area contributed by atoms with Gasteiger partial charge in [0, 0.05) is 33.3 Å². The minimum absolute atomic E-state index is 0. The van der Waals surface area contributed by atoms with Crippen molar-refractivity contribution in [2.75, 3.05) is 0 Å². The molecule has 8 nitrogen and oxygen atoms in total. The van der Waals surface area contributed by atoms with E-state index in [9.17, 15) is 0 Å². The van der Waals surface area contributed by atoms with E-state index in [2.05, 4.69) is 0 Å². The maximum Gasteiger partial charge on any atom is 0.414 e. The molecule has 14 heavy (non-hydrogen) atoms. The molecule has 0 heterocycles. The van der Waals surface area contributed by atoms with Gasteiger partial charge in [-0.15, -0.1) is 0 Å². The fourth-order valence-electron chi connectivity index (χ4n) is 0. The Balaban J connectivity index is -0.0000000625. The van der Waals surface area contributed by atoms with Crippen molar-refractivity contribution in [2.24, 2.45) is 0 Å².